The minimum atomic E-state index is -0.215. The van der Waals surface area contributed by atoms with Crippen molar-refractivity contribution in [2.75, 3.05) is 10.6 Å². The van der Waals surface area contributed by atoms with Crippen LogP contribution in [0.25, 0.3) is 0 Å². The molecule has 3 rings (SSSR count). The predicted molar refractivity (Wildman–Crippen MR) is 107 cm³/mol. The molecule has 0 radical (unpaired) electrons. The Morgan fingerprint density at radius 2 is 1.77 bits per heavy atom. The van der Waals surface area contributed by atoms with Crippen LogP contribution in [0.5, 0.6) is 0 Å². The lowest BCUT2D eigenvalue weighted by molar-refractivity contribution is 0.102. The van der Waals surface area contributed by atoms with Crippen molar-refractivity contribution in [2.45, 2.75) is 26.8 Å². The molecule has 1 aromatic heterocycles. The largest absolute Gasteiger partial charge is 0.378 e. The van der Waals surface area contributed by atoms with Gasteiger partial charge in [-0.25, -0.2) is 0 Å². The molecule has 4 heteroatoms. The summed E-state index contributed by atoms with van der Waals surface area (Å²) in [5.74, 6) is -0.215. The molecule has 1 heterocycles. The molecule has 0 spiro atoms. The molecule has 2 aromatic carbocycles. The van der Waals surface area contributed by atoms with Gasteiger partial charge in [-0.3, -0.25) is 9.78 Å². The van der Waals surface area contributed by atoms with E-state index in [1.165, 1.54) is 11.1 Å². The van der Waals surface area contributed by atoms with Gasteiger partial charge in [0.2, 0.25) is 0 Å². The smallest absolute Gasteiger partial charge is 0.274 e. The second-order valence-electron chi connectivity index (χ2n) is 6.48. The number of carbonyl (C=O) groups excluding carboxylic acids is 1. The van der Waals surface area contributed by atoms with Crippen molar-refractivity contribution in [1.29, 1.82) is 0 Å². The highest BCUT2D eigenvalue weighted by Crippen LogP contribution is 2.20. The Kier molecular flexibility index (Phi) is 5.32. The van der Waals surface area contributed by atoms with E-state index in [1.807, 2.05) is 56.3 Å². The molecular formula is C22H23N3O. The van der Waals surface area contributed by atoms with Gasteiger partial charge in [-0.2, -0.15) is 0 Å². The summed E-state index contributed by atoms with van der Waals surface area (Å²) in [7, 11) is 0. The van der Waals surface area contributed by atoms with Crippen molar-refractivity contribution < 1.29 is 4.79 Å². The summed E-state index contributed by atoms with van der Waals surface area (Å²) in [4.78, 5) is 16.8. The molecule has 0 aliphatic heterocycles. The number of benzene rings is 2. The Morgan fingerprint density at radius 1 is 1.00 bits per heavy atom. The lowest BCUT2D eigenvalue weighted by atomic mass is 10.1. The van der Waals surface area contributed by atoms with E-state index < -0.39 is 0 Å². The van der Waals surface area contributed by atoms with Crippen LogP contribution in [0.1, 0.15) is 40.1 Å². The highest BCUT2D eigenvalue weighted by molar-refractivity contribution is 6.03. The summed E-state index contributed by atoms with van der Waals surface area (Å²) < 4.78 is 0. The Bertz CT molecular complexity index is 906. The summed E-state index contributed by atoms with van der Waals surface area (Å²) in [5.41, 5.74) is 5.44. The average Bonchev–Trinajstić information content (AvgIpc) is 2.65. The van der Waals surface area contributed by atoms with Gasteiger partial charge in [0.15, 0.2) is 0 Å². The third kappa shape index (κ3) is 4.28. The van der Waals surface area contributed by atoms with Gasteiger partial charge in [0.25, 0.3) is 5.91 Å². The van der Waals surface area contributed by atoms with Gasteiger partial charge in [0.1, 0.15) is 5.69 Å². The van der Waals surface area contributed by atoms with E-state index in [0.717, 1.165) is 16.9 Å². The van der Waals surface area contributed by atoms with E-state index in [0.29, 0.717) is 5.69 Å². The third-order valence-electron chi connectivity index (χ3n) is 4.31. The second kappa shape index (κ2) is 7.83. The fraction of sp³-hybridized carbons (Fsp3) is 0.182. The lowest BCUT2D eigenvalue weighted by Crippen LogP contribution is -2.15. The van der Waals surface area contributed by atoms with Gasteiger partial charge in [0.05, 0.1) is 0 Å². The highest BCUT2D eigenvalue weighted by Gasteiger charge is 2.11. The zero-order chi connectivity index (χ0) is 18.5. The van der Waals surface area contributed by atoms with Crippen LogP contribution in [0.2, 0.25) is 0 Å². The molecule has 0 saturated heterocycles. The highest BCUT2D eigenvalue weighted by atomic mass is 16.1. The van der Waals surface area contributed by atoms with E-state index in [-0.39, 0.29) is 11.9 Å². The van der Waals surface area contributed by atoms with E-state index in [1.54, 1.807) is 12.3 Å². The van der Waals surface area contributed by atoms with Crippen LogP contribution < -0.4 is 10.6 Å². The first kappa shape index (κ1) is 17.7. The second-order valence-corrected chi connectivity index (χ2v) is 6.48. The van der Waals surface area contributed by atoms with Crippen LogP contribution in [0.3, 0.4) is 0 Å². The van der Waals surface area contributed by atoms with Gasteiger partial charge in [0, 0.05) is 23.6 Å². The number of aryl methyl sites for hydroxylation is 2. The third-order valence-corrected chi connectivity index (χ3v) is 4.31. The van der Waals surface area contributed by atoms with Crippen LogP contribution in [-0.4, -0.2) is 10.9 Å². The Labute approximate surface area is 154 Å². The van der Waals surface area contributed by atoms with Crippen LogP contribution in [0, 0.1) is 13.8 Å². The van der Waals surface area contributed by atoms with E-state index >= 15 is 0 Å². The number of amides is 1. The minimum Gasteiger partial charge on any atom is -0.378 e. The van der Waals surface area contributed by atoms with Crippen molar-refractivity contribution >= 4 is 17.3 Å². The number of hydrogen-bond donors (Lipinski definition) is 2. The topological polar surface area (TPSA) is 54.0 Å². The number of rotatable bonds is 5. The summed E-state index contributed by atoms with van der Waals surface area (Å²) in [6.07, 6.45) is 1.65. The molecule has 1 amide bonds. The van der Waals surface area contributed by atoms with E-state index in [9.17, 15) is 4.79 Å². The molecular weight excluding hydrogens is 322 g/mol. The van der Waals surface area contributed by atoms with Gasteiger partial charge in [-0.1, -0.05) is 48.0 Å². The molecule has 1 unspecified atom stereocenters. The van der Waals surface area contributed by atoms with Crippen molar-refractivity contribution in [3.63, 3.8) is 0 Å². The molecule has 0 bridgehead atoms. The van der Waals surface area contributed by atoms with Gasteiger partial charge in [-0.05, 0) is 50.1 Å². The SMILES string of the molecule is Cc1ccc(NC(=O)c2cc(NC(C)c3ccccc3)ccn2)c(C)c1. The van der Waals surface area contributed by atoms with Crippen molar-refractivity contribution in [1.82, 2.24) is 4.98 Å². The number of hydrogen-bond acceptors (Lipinski definition) is 3. The average molecular weight is 345 g/mol. The summed E-state index contributed by atoms with van der Waals surface area (Å²) in [6, 6.07) is 19.9. The molecule has 0 fully saturated rings. The van der Waals surface area contributed by atoms with E-state index in [4.69, 9.17) is 0 Å². The van der Waals surface area contributed by atoms with Crippen molar-refractivity contribution in [3.05, 3.63) is 89.2 Å². The zero-order valence-corrected chi connectivity index (χ0v) is 15.3. The van der Waals surface area contributed by atoms with Crippen LogP contribution in [-0.2, 0) is 0 Å². The van der Waals surface area contributed by atoms with E-state index in [2.05, 4.69) is 34.7 Å². The van der Waals surface area contributed by atoms with Crippen molar-refractivity contribution in [2.24, 2.45) is 0 Å². The Hall–Kier alpha value is -3.14. The molecule has 0 aliphatic rings. The fourth-order valence-electron chi connectivity index (χ4n) is 2.86. The summed E-state index contributed by atoms with van der Waals surface area (Å²) in [5, 5.41) is 6.35. The minimum absolute atomic E-state index is 0.133. The Balaban J connectivity index is 1.73. The molecule has 0 saturated carbocycles. The maximum Gasteiger partial charge on any atom is 0.274 e. The Morgan fingerprint density at radius 3 is 2.50 bits per heavy atom. The quantitative estimate of drug-likeness (QED) is 0.674. The molecule has 26 heavy (non-hydrogen) atoms. The normalized spacial score (nSPS) is 11.7. The van der Waals surface area contributed by atoms with Crippen LogP contribution in [0.15, 0.2) is 66.9 Å². The zero-order valence-electron chi connectivity index (χ0n) is 15.3. The molecule has 1 atom stereocenters. The summed E-state index contributed by atoms with van der Waals surface area (Å²) >= 11 is 0. The van der Waals surface area contributed by atoms with Gasteiger partial charge in [-0.15, -0.1) is 0 Å². The van der Waals surface area contributed by atoms with Crippen LogP contribution >= 0.6 is 0 Å². The fourth-order valence-corrected chi connectivity index (χ4v) is 2.86. The van der Waals surface area contributed by atoms with Crippen LogP contribution in [0.4, 0.5) is 11.4 Å². The predicted octanol–water partition coefficient (Wildman–Crippen LogP) is 5.12. The lowest BCUT2D eigenvalue weighted by Gasteiger charge is -2.16. The standard InChI is InChI=1S/C22H23N3O/c1-15-9-10-20(16(2)13-15)25-22(26)21-14-19(11-12-23-21)24-17(3)18-7-5-4-6-8-18/h4-14,17H,1-3H3,(H,23,24)(H,25,26). The van der Waals surface area contributed by atoms with Gasteiger partial charge < -0.3 is 10.6 Å². The molecule has 132 valence electrons. The number of anilines is 2. The number of carbonyl (C=O) groups is 1. The van der Waals surface area contributed by atoms with Gasteiger partial charge >= 0.3 is 0 Å². The first-order valence-electron chi connectivity index (χ1n) is 8.69. The number of aromatic nitrogens is 1. The summed E-state index contributed by atoms with van der Waals surface area (Å²) in [6.45, 7) is 6.10. The first-order valence-corrected chi connectivity index (χ1v) is 8.69. The molecule has 0 aliphatic carbocycles. The maximum absolute atomic E-state index is 12.6. The first-order chi connectivity index (χ1) is 12.5. The maximum atomic E-state index is 12.6. The number of pyridine rings is 1. The number of nitrogens with zero attached hydrogens (tertiary/aromatic N) is 1. The van der Waals surface area contributed by atoms with Crippen molar-refractivity contribution in [3.8, 4) is 0 Å². The monoisotopic (exact) mass is 345 g/mol. The molecule has 3 aromatic rings. The molecule has 2 N–H and O–H groups in total. The number of nitrogens with one attached hydrogen (secondary N) is 2. The molecule has 4 nitrogen and oxygen atoms in total.